The Morgan fingerprint density at radius 2 is 1.70 bits per heavy atom. The first-order valence-corrected chi connectivity index (χ1v) is 12.1. The molecule has 4 aromatic rings. The Morgan fingerprint density at radius 1 is 1.03 bits per heavy atom. The number of aromatic nitrogens is 3. The summed E-state index contributed by atoms with van der Waals surface area (Å²) in [5, 5.41) is 11.3. The summed E-state index contributed by atoms with van der Waals surface area (Å²) in [4.78, 5) is 29.0. The van der Waals surface area contributed by atoms with Gasteiger partial charge >= 0.3 is 0 Å². The molecule has 192 valence electrons. The lowest BCUT2D eigenvalue weighted by atomic mass is 10.0. The van der Waals surface area contributed by atoms with Crippen molar-refractivity contribution in [3.8, 4) is 5.75 Å². The number of halogens is 1. The summed E-state index contributed by atoms with van der Waals surface area (Å²) in [6, 6.07) is 18.8. The Bertz CT molecular complexity index is 1380. The highest BCUT2D eigenvalue weighted by molar-refractivity contribution is 6.01. The number of para-hydroxylation sites is 1. The van der Waals surface area contributed by atoms with Gasteiger partial charge in [-0.15, -0.1) is 5.10 Å². The van der Waals surface area contributed by atoms with E-state index in [9.17, 15) is 14.0 Å². The molecule has 0 aliphatic heterocycles. The number of amides is 2. The van der Waals surface area contributed by atoms with Crippen LogP contribution in [0.1, 0.15) is 39.3 Å². The molecule has 0 spiro atoms. The average molecular weight is 504 g/mol. The number of hydrogen-bond donors (Lipinski definition) is 1. The summed E-state index contributed by atoms with van der Waals surface area (Å²) in [5.74, 6) is -0.590. The lowest BCUT2D eigenvalue weighted by molar-refractivity contribution is -0.128. The lowest BCUT2D eigenvalue weighted by Crippen LogP contribution is -2.50. The molecular formula is C28H30FN5O3. The normalized spacial score (nSPS) is 12.2. The van der Waals surface area contributed by atoms with Gasteiger partial charge < -0.3 is 10.1 Å². The molecule has 0 aliphatic rings. The third-order valence-corrected chi connectivity index (χ3v) is 5.59. The van der Waals surface area contributed by atoms with Crippen molar-refractivity contribution in [2.24, 2.45) is 0 Å². The van der Waals surface area contributed by atoms with Crippen molar-refractivity contribution < 1.29 is 18.7 Å². The Labute approximate surface area is 215 Å². The van der Waals surface area contributed by atoms with Crippen molar-refractivity contribution in [1.82, 2.24) is 20.3 Å². The number of benzene rings is 3. The van der Waals surface area contributed by atoms with Gasteiger partial charge in [-0.25, -0.2) is 9.07 Å². The molecule has 4 rings (SSSR count). The Kier molecular flexibility index (Phi) is 7.52. The van der Waals surface area contributed by atoms with Crippen molar-refractivity contribution in [3.05, 3.63) is 84.2 Å². The molecule has 0 aliphatic carbocycles. The van der Waals surface area contributed by atoms with Gasteiger partial charge in [0, 0.05) is 11.2 Å². The van der Waals surface area contributed by atoms with Gasteiger partial charge in [-0.3, -0.25) is 14.5 Å². The summed E-state index contributed by atoms with van der Waals surface area (Å²) in [6.07, 6.45) is 0. The van der Waals surface area contributed by atoms with Gasteiger partial charge in [0.25, 0.3) is 0 Å². The fourth-order valence-electron chi connectivity index (χ4n) is 4.05. The fraction of sp³-hybridized carbons (Fsp3) is 0.286. The highest BCUT2D eigenvalue weighted by Gasteiger charge is 2.35. The van der Waals surface area contributed by atoms with Gasteiger partial charge in [0.2, 0.25) is 11.8 Å². The Morgan fingerprint density at radius 3 is 2.35 bits per heavy atom. The van der Waals surface area contributed by atoms with Gasteiger partial charge in [-0.1, -0.05) is 29.5 Å². The van der Waals surface area contributed by atoms with Crippen LogP contribution in [-0.4, -0.2) is 39.0 Å². The minimum atomic E-state index is -1.04. The van der Waals surface area contributed by atoms with E-state index in [4.69, 9.17) is 4.74 Å². The van der Waals surface area contributed by atoms with Crippen LogP contribution in [0.4, 0.5) is 10.1 Å². The maximum absolute atomic E-state index is 13.9. The number of anilines is 1. The molecule has 0 bridgehead atoms. The van der Waals surface area contributed by atoms with Crippen LogP contribution in [0.3, 0.4) is 0 Å². The van der Waals surface area contributed by atoms with Gasteiger partial charge in [0.15, 0.2) is 0 Å². The first-order valence-electron chi connectivity index (χ1n) is 12.1. The molecule has 2 amide bonds. The topological polar surface area (TPSA) is 89.4 Å². The van der Waals surface area contributed by atoms with Gasteiger partial charge in [-0.05, 0) is 81.8 Å². The van der Waals surface area contributed by atoms with E-state index in [1.807, 2.05) is 45.9 Å². The molecule has 1 heterocycles. The van der Waals surface area contributed by atoms with Crippen LogP contribution in [0.5, 0.6) is 5.75 Å². The highest BCUT2D eigenvalue weighted by Crippen LogP contribution is 2.30. The maximum Gasteiger partial charge on any atom is 0.249 e. The van der Waals surface area contributed by atoms with Crippen LogP contribution in [0.15, 0.2) is 72.8 Å². The number of nitrogens with one attached hydrogen (secondary N) is 1. The van der Waals surface area contributed by atoms with Gasteiger partial charge in [0.1, 0.15) is 29.7 Å². The molecule has 8 nitrogen and oxygen atoms in total. The predicted octanol–water partition coefficient (Wildman–Crippen LogP) is 4.66. The van der Waals surface area contributed by atoms with Crippen LogP contribution >= 0.6 is 0 Å². The minimum absolute atomic E-state index is 0.172. The molecule has 37 heavy (non-hydrogen) atoms. The Hall–Kier alpha value is -4.27. The first kappa shape index (κ1) is 25.8. The van der Waals surface area contributed by atoms with E-state index in [2.05, 4.69) is 15.6 Å². The number of carbonyl (C=O) groups is 2. The maximum atomic E-state index is 13.9. The predicted molar refractivity (Wildman–Crippen MR) is 140 cm³/mol. The third-order valence-electron chi connectivity index (χ3n) is 5.59. The molecule has 0 saturated heterocycles. The summed E-state index contributed by atoms with van der Waals surface area (Å²) >= 11 is 0. The highest BCUT2D eigenvalue weighted by atomic mass is 19.1. The molecule has 1 unspecified atom stereocenters. The summed E-state index contributed by atoms with van der Waals surface area (Å²) in [5.41, 5.74) is 1.73. The van der Waals surface area contributed by atoms with Crippen molar-refractivity contribution in [3.63, 3.8) is 0 Å². The number of fused-ring (bicyclic) bond motifs is 1. The zero-order chi connectivity index (χ0) is 26.6. The molecule has 0 saturated carbocycles. The molecule has 1 atom stereocenters. The zero-order valence-electron chi connectivity index (χ0n) is 21.3. The van der Waals surface area contributed by atoms with E-state index in [1.54, 1.807) is 30.3 Å². The zero-order valence-corrected chi connectivity index (χ0v) is 21.3. The van der Waals surface area contributed by atoms with Crippen molar-refractivity contribution in [1.29, 1.82) is 0 Å². The number of nitrogens with zero attached hydrogens (tertiary/aromatic N) is 4. The molecule has 3 aromatic carbocycles. The Balaban J connectivity index is 1.80. The second kappa shape index (κ2) is 10.8. The lowest BCUT2D eigenvalue weighted by Gasteiger charge is -2.34. The third kappa shape index (κ3) is 6.11. The first-order chi connectivity index (χ1) is 17.7. The van der Waals surface area contributed by atoms with Crippen LogP contribution in [-0.2, 0) is 16.1 Å². The number of rotatable bonds is 8. The number of hydrogen-bond acceptors (Lipinski definition) is 5. The SMILES string of the molecule is CCOc1ccc(C(C(=O)NC(C)(C)C)N(C(=O)Cn2nnc3ccccc32)c2ccc(F)cc2)cc1. The van der Waals surface area contributed by atoms with E-state index in [0.717, 1.165) is 0 Å². The largest absolute Gasteiger partial charge is 0.494 e. The van der Waals surface area contributed by atoms with E-state index >= 15 is 0 Å². The minimum Gasteiger partial charge on any atom is -0.494 e. The number of carbonyl (C=O) groups excluding carboxylic acids is 2. The van der Waals surface area contributed by atoms with E-state index < -0.39 is 23.3 Å². The van der Waals surface area contributed by atoms with Crippen molar-refractivity contribution >= 4 is 28.5 Å². The second-order valence-corrected chi connectivity index (χ2v) is 9.62. The van der Waals surface area contributed by atoms with E-state index in [1.165, 1.54) is 33.8 Å². The summed E-state index contributed by atoms with van der Waals surface area (Å²) in [7, 11) is 0. The summed E-state index contributed by atoms with van der Waals surface area (Å²) in [6.45, 7) is 7.81. The van der Waals surface area contributed by atoms with Gasteiger partial charge in [-0.2, -0.15) is 0 Å². The summed E-state index contributed by atoms with van der Waals surface area (Å²) < 4.78 is 20.9. The number of ether oxygens (including phenoxy) is 1. The second-order valence-electron chi connectivity index (χ2n) is 9.62. The molecule has 0 radical (unpaired) electrons. The van der Waals surface area contributed by atoms with Crippen LogP contribution in [0.2, 0.25) is 0 Å². The average Bonchev–Trinajstić information content (AvgIpc) is 3.25. The monoisotopic (exact) mass is 503 g/mol. The standard InChI is InChI=1S/C28H30FN5O3/c1-5-37-22-16-10-19(11-17-22)26(27(36)30-28(2,3)4)34(21-14-12-20(29)13-15-21)25(35)18-33-24-9-7-6-8-23(24)31-32-33/h6-17,26H,5,18H2,1-4H3,(H,30,36). The van der Waals surface area contributed by atoms with Crippen molar-refractivity contribution in [2.75, 3.05) is 11.5 Å². The molecule has 0 fully saturated rings. The van der Waals surface area contributed by atoms with Crippen molar-refractivity contribution in [2.45, 2.75) is 45.8 Å². The van der Waals surface area contributed by atoms with E-state index in [-0.39, 0.29) is 12.5 Å². The molecule has 1 N–H and O–H groups in total. The molecular weight excluding hydrogens is 473 g/mol. The molecule has 1 aromatic heterocycles. The van der Waals surface area contributed by atoms with Crippen LogP contribution < -0.4 is 15.0 Å². The van der Waals surface area contributed by atoms with Gasteiger partial charge in [0.05, 0.1) is 12.1 Å². The van der Waals surface area contributed by atoms with Crippen LogP contribution in [0.25, 0.3) is 11.0 Å². The van der Waals surface area contributed by atoms with Crippen LogP contribution in [0, 0.1) is 5.82 Å². The smallest absolute Gasteiger partial charge is 0.249 e. The molecule has 9 heteroatoms. The quantitative estimate of drug-likeness (QED) is 0.378. The van der Waals surface area contributed by atoms with E-state index in [0.29, 0.717) is 34.6 Å². The fourth-order valence-corrected chi connectivity index (χ4v) is 4.05.